The molecule has 2 N–H and O–H groups in total. The lowest BCUT2D eigenvalue weighted by Gasteiger charge is -2.29. The summed E-state index contributed by atoms with van der Waals surface area (Å²) in [5.74, 6) is -0.204. The van der Waals surface area contributed by atoms with Crippen LogP contribution in [0.4, 0.5) is 0 Å². The van der Waals surface area contributed by atoms with Crippen molar-refractivity contribution in [1.82, 2.24) is 5.32 Å². The van der Waals surface area contributed by atoms with E-state index in [0.717, 1.165) is 109 Å². The summed E-state index contributed by atoms with van der Waals surface area (Å²) in [6, 6.07) is -0.899. The van der Waals surface area contributed by atoms with Crippen molar-refractivity contribution >= 4 is 13.7 Å². The van der Waals surface area contributed by atoms with Gasteiger partial charge < -0.3 is 28.8 Å². The summed E-state index contributed by atoms with van der Waals surface area (Å²) in [6.07, 6.45) is 103. The van der Waals surface area contributed by atoms with E-state index in [1.54, 1.807) is 6.08 Å². The fourth-order valence-electron chi connectivity index (χ4n) is 10.2. The van der Waals surface area contributed by atoms with Crippen molar-refractivity contribution in [3.05, 3.63) is 134 Å². The highest BCUT2D eigenvalue weighted by molar-refractivity contribution is 7.45. The smallest absolute Gasteiger partial charge is 0.268 e. The zero-order valence-corrected chi connectivity index (χ0v) is 58.8. The van der Waals surface area contributed by atoms with Gasteiger partial charge in [0.25, 0.3) is 7.82 Å². The van der Waals surface area contributed by atoms with Crippen molar-refractivity contribution in [2.75, 3.05) is 40.9 Å². The number of phosphoric acid groups is 1. The molecule has 3 unspecified atom stereocenters. The number of amides is 1. The van der Waals surface area contributed by atoms with Crippen molar-refractivity contribution in [3.63, 3.8) is 0 Å². The van der Waals surface area contributed by atoms with Crippen LogP contribution in [0.2, 0.25) is 0 Å². The van der Waals surface area contributed by atoms with Crippen LogP contribution in [0.15, 0.2) is 134 Å². The molecule has 0 aliphatic rings. The minimum atomic E-state index is -4.61. The zero-order chi connectivity index (χ0) is 64.1. The SMILES string of the molecule is CC/C=C\C/C=C\C/C=C\C/C=C\C/C=C\C/C=C\C/C=C\C/C=C\C/C=C\C/C=C\CCCCCCCCCCCCC(=O)NC(COP(=O)([O-])OCC[N+](C)(C)C)C(O)/C=C/CCCCCCCCCCCCCCCCCCCCCCCCC. The molecule has 0 fully saturated rings. The number of allylic oxidation sites excluding steroid dienone is 21. The quantitative estimate of drug-likeness (QED) is 0.0272. The molecule has 0 saturated heterocycles. The monoisotopic (exact) mass is 1240 g/mol. The molecule has 0 aromatic rings. The van der Waals surface area contributed by atoms with Crippen LogP contribution in [0, 0.1) is 0 Å². The Bertz CT molecular complexity index is 1900. The van der Waals surface area contributed by atoms with E-state index in [9.17, 15) is 19.4 Å². The maximum Gasteiger partial charge on any atom is 0.268 e. The lowest BCUT2D eigenvalue weighted by atomic mass is 10.0. The van der Waals surface area contributed by atoms with Crippen molar-refractivity contribution in [3.8, 4) is 0 Å². The second-order valence-electron chi connectivity index (χ2n) is 25.6. The van der Waals surface area contributed by atoms with E-state index < -0.39 is 20.0 Å². The molecule has 0 aromatic heterocycles. The second kappa shape index (κ2) is 68.0. The van der Waals surface area contributed by atoms with Gasteiger partial charge in [0.15, 0.2) is 0 Å². The predicted molar refractivity (Wildman–Crippen MR) is 385 cm³/mol. The molecule has 0 saturated carbocycles. The topological polar surface area (TPSA) is 108 Å². The number of hydrogen-bond acceptors (Lipinski definition) is 6. The molecule has 0 spiro atoms. The van der Waals surface area contributed by atoms with E-state index in [-0.39, 0.29) is 19.1 Å². The highest BCUT2D eigenvalue weighted by Crippen LogP contribution is 2.38. The van der Waals surface area contributed by atoms with E-state index in [4.69, 9.17) is 9.05 Å². The molecule has 8 nitrogen and oxygen atoms in total. The van der Waals surface area contributed by atoms with Gasteiger partial charge in [-0.1, -0.05) is 340 Å². The van der Waals surface area contributed by atoms with Crippen LogP contribution in [-0.4, -0.2) is 68.5 Å². The van der Waals surface area contributed by atoms with Crippen LogP contribution in [0.25, 0.3) is 0 Å². The Balaban J connectivity index is 4.10. The van der Waals surface area contributed by atoms with Crippen LogP contribution in [0.5, 0.6) is 0 Å². The van der Waals surface area contributed by atoms with Crippen LogP contribution in [0.3, 0.4) is 0 Å². The van der Waals surface area contributed by atoms with Crippen molar-refractivity contribution in [2.45, 2.75) is 321 Å². The largest absolute Gasteiger partial charge is 0.756 e. The van der Waals surface area contributed by atoms with E-state index in [1.807, 2.05) is 27.2 Å². The Kier molecular flexibility index (Phi) is 65.4. The first-order valence-corrected chi connectivity index (χ1v) is 38.0. The summed E-state index contributed by atoms with van der Waals surface area (Å²) in [4.78, 5) is 25.7. The van der Waals surface area contributed by atoms with Gasteiger partial charge >= 0.3 is 0 Å². The van der Waals surface area contributed by atoms with E-state index in [2.05, 4.69) is 141 Å². The zero-order valence-electron chi connectivity index (χ0n) is 57.9. The fraction of sp³-hybridized carbons (Fsp3) is 0.709. The lowest BCUT2D eigenvalue weighted by Crippen LogP contribution is -2.45. The third-order valence-electron chi connectivity index (χ3n) is 15.9. The molecule has 506 valence electrons. The van der Waals surface area contributed by atoms with E-state index in [1.165, 1.54) is 180 Å². The minimum Gasteiger partial charge on any atom is -0.756 e. The first-order valence-electron chi connectivity index (χ1n) is 36.5. The number of phosphoric ester groups is 1. The van der Waals surface area contributed by atoms with Crippen LogP contribution >= 0.6 is 7.82 Å². The summed E-state index contributed by atoms with van der Waals surface area (Å²) in [5.41, 5.74) is 0. The van der Waals surface area contributed by atoms with Crippen LogP contribution in [0.1, 0.15) is 309 Å². The Labute approximate surface area is 545 Å². The van der Waals surface area contributed by atoms with Gasteiger partial charge in [-0.3, -0.25) is 9.36 Å². The summed E-state index contributed by atoms with van der Waals surface area (Å²) in [5, 5.41) is 14.0. The van der Waals surface area contributed by atoms with Gasteiger partial charge in [-0.05, 0) is 96.3 Å². The average Bonchev–Trinajstić information content (AvgIpc) is 3.71. The number of nitrogens with one attached hydrogen (secondary N) is 1. The third kappa shape index (κ3) is 70.1. The number of rotatable bonds is 66. The fourth-order valence-corrected chi connectivity index (χ4v) is 11.0. The number of aliphatic hydroxyl groups is 1. The average molecular weight is 1240 g/mol. The first kappa shape index (κ1) is 84.6. The summed E-state index contributed by atoms with van der Waals surface area (Å²) < 4.78 is 23.5. The number of unbranched alkanes of at least 4 members (excludes halogenated alkanes) is 33. The van der Waals surface area contributed by atoms with Crippen LogP contribution in [-0.2, 0) is 18.4 Å². The highest BCUT2D eigenvalue weighted by atomic mass is 31.2. The molecule has 0 heterocycles. The lowest BCUT2D eigenvalue weighted by molar-refractivity contribution is -0.870. The molecule has 0 bridgehead atoms. The van der Waals surface area contributed by atoms with Gasteiger partial charge in [-0.25, -0.2) is 0 Å². The number of carbonyl (C=O) groups excluding carboxylic acids is 1. The molecular weight excluding hydrogens is 1100 g/mol. The van der Waals surface area contributed by atoms with Crippen molar-refractivity contribution in [1.29, 1.82) is 0 Å². The molecule has 3 atom stereocenters. The minimum absolute atomic E-state index is 0.00688. The Morgan fingerprint density at radius 1 is 0.409 bits per heavy atom. The molecule has 0 aliphatic carbocycles. The standard InChI is InChI=1S/C79H139N2O6P/c1-6-8-10-12-14-16-18-20-22-24-26-28-30-32-33-34-35-36-37-38-39-40-41-42-43-44-45-46-47-49-51-53-55-57-59-61-63-65-67-69-71-73-79(83)80-77(76-87-88(84,85)86-75-74-81(3,4)5)78(82)72-70-68-66-64-62-60-58-56-54-52-50-48-31-29-27-25-23-21-19-17-15-13-11-9-7-2/h8,10,14,16,20,22,26,28,32-33,35-36,38-39,41-42,44-45,47,49,70,72,77-78,82H,6-7,9,11-13,15,17-19,21,23-25,27,29-31,34,37,40,43,46,48,50-69,71,73-76H2,1-5H3,(H-,80,83,84,85)/b10-8-,16-14-,22-20-,28-26-,33-32-,36-35-,39-38-,42-41-,45-44-,49-47-,72-70+. The Hall–Kier alpha value is -3.36. The molecule has 0 aliphatic heterocycles. The van der Waals surface area contributed by atoms with Gasteiger partial charge in [0, 0.05) is 6.42 Å². The molecule has 1 amide bonds. The normalized spacial score (nSPS) is 14.4. The maximum absolute atomic E-state index is 13.1. The summed E-state index contributed by atoms with van der Waals surface area (Å²) in [7, 11) is 1.25. The van der Waals surface area contributed by atoms with Crippen LogP contribution < -0.4 is 10.2 Å². The van der Waals surface area contributed by atoms with E-state index in [0.29, 0.717) is 17.4 Å². The highest BCUT2D eigenvalue weighted by Gasteiger charge is 2.23. The number of likely N-dealkylation sites (N-methyl/N-ethyl adjacent to an activating group) is 1. The summed E-state index contributed by atoms with van der Waals surface area (Å²) >= 11 is 0. The second-order valence-corrected chi connectivity index (χ2v) is 27.0. The van der Waals surface area contributed by atoms with Gasteiger partial charge in [0.1, 0.15) is 13.2 Å². The maximum atomic E-state index is 13.1. The van der Waals surface area contributed by atoms with E-state index >= 15 is 0 Å². The number of nitrogens with zero attached hydrogens (tertiary/aromatic N) is 1. The number of hydrogen-bond donors (Lipinski definition) is 2. The third-order valence-corrected chi connectivity index (χ3v) is 16.8. The number of quaternary nitrogens is 1. The van der Waals surface area contributed by atoms with Gasteiger partial charge in [0.2, 0.25) is 5.91 Å². The molecular formula is C79H139N2O6P. The molecule has 88 heavy (non-hydrogen) atoms. The van der Waals surface area contributed by atoms with Gasteiger partial charge in [0.05, 0.1) is 39.9 Å². The summed E-state index contributed by atoms with van der Waals surface area (Å²) in [6.45, 7) is 4.55. The first-order chi connectivity index (χ1) is 43.0. The Morgan fingerprint density at radius 3 is 1.01 bits per heavy atom. The van der Waals surface area contributed by atoms with Gasteiger partial charge in [-0.15, -0.1) is 0 Å². The number of aliphatic hydroxyl groups excluding tert-OH is 1. The van der Waals surface area contributed by atoms with Gasteiger partial charge in [-0.2, -0.15) is 0 Å². The molecule has 0 aromatic carbocycles. The number of carbonyl (C=O) groups is 1. The predicted octanol–water partition coefficient (Wildman–Crippen LogP) is 23.1. The van der Waals surface area contributed by atoms with Crippen molar-refractivity contribution in [2.24, 2.45) is 0 Å². The van der Waals surface area contributed by atoms with Crippen molar-refractivity contribution < 1.29 is 32.9 Å². The Morgan fingerprint density at radius 2 is 0.693 bits per heavy atom. The molecule has 0 rings (SSSR count). The molecule has 0 radical (unpaired) electrons. The molecule has 9 heteroatoms.